The number of aliphatic hydroxyl groups is 1. The summed E-state index contributed by atoms with van der Waals surface area (Å²) >= 11 is 0. The Labute approximate surface area is 91.9 Å². The summed E-state index contributed by atoms with van der Waals surface area (Å²) in [5, 5.41) is 9.29. The average molecular weight is 207 g/mol. The molecule has 2 aliphatic rings. The summed E-state index contributed by atoms with van der Waals surface area (Å²) in [5.41, 5.74) is 5.48. The Kier molecular flexibility index (Phi) is 3.60. The molecule has 0 fully saturated rings. The van der Waals surface area contributed by atoms with Crippen LogP contribution in [0.15, 0.2) is 24.3 Å². The third kappa shape index (κ3) is 2.70. The Bertz CT molecular complexity index is 257. The number of allylic oxidation sites excluding steroid dienone is 3. The first-order valence-corrected chi connectivity index (χ1v) is 6.06. The van der Waals surface area contributed by atoms with E-state index >= 15 is 0 Å². The molecule has 4 unspecified atom stereocenters. The fourth-order valence-electron chi connectivity index (χ4n) is 2.70. The minimum Gasteiger partial charge on any atom is -0.378 e. The highest BCUT2D eigenvalue weighted by molar-refractivity contribution is 5.06. The van der Waals surface area contributed by atoms with Crippen molar-refractivity contribution in [3.05, 3.63) is 24.3 Å². The van der Waals surface area contributed by atoms with Crippen LogP contribution in [-0.2, 0) is 0 Å². The van der Waals surface area contributed by atoms with Gasteiger partial charge in [-0.15, -0.1) is 0 Å². The van der Waals surface area contributed by atoms with Crippen LogP contribution in [0.25, 0.3) is 0 Å². The molecule has 3 N–H and O–H groups in total. The molecule has 0 saturated heterocycles. The number of rotatable bonds is 2. The van der Waals surface area contributed by atoms with Crippen LogP contribution in [0.4, 0.5) is 0 Å². The van der Waals surface area contributed by atoms with E-state index in [0.717, 1.165) is 12.3 Å². The smallest absolute Gasteiger partial charge is 0.108 e. The van der Waals surface area contributed by atoms with E-state index < -0.39 is 6.23 Å². The van der Waals surface area contributed by atoms with Crippen LogP contribution in [0, 0.1) is 17.8 Å². The van der Waals surface area contributed by atoms with E-state index in [1.54, 1.807) is 0 Å². The zero-order valence-corrected chi connectivity index (χ0v) is 9.18. The summed E-state index contributed by atoms with van der Waals surface area (Å²) in [5.74, 6) is 1.58. The van der Waals surface area contributed by atoms with Gasteiger partial charge in [-0.05, 0) is 43.9 Å². The predicted octanol–water partition coefficient (Wildman–Crippen LogP) is 2.20. The van der Waals surface area contributed by atoms with Crippen LogP contribution in [0.3, 0.4) is 0 Å². The van der Waals surface area contributed by atoms with E-state index in [9.17, 15) is 5.11 Å². The lowest BCUT2D eigenvalue weighted by Crippen LogP contribution is -2.31. The molecule has 2 aliphatic carbocycles. The summed E-state index contributed by atoms with van der Waals surface area (Å²) in [7, 11) is 0. The lowest BCUT2D eigenvalue weighted by atomic mass is 9.77. The molecule has 0 aromatic carbocycles. The van der Waals surface area contributed by atoms with Gasteiger partial charge in [0.2, 0.25) is 0 Å². The molecule has 0 aliphatic heterocycles. The number of hydrogen-bond acceptors (Lipinski definition) is 2. The molecule has 0 spiro atoms. The predicted molar refractivity (Wildman–Crippen MR) is 62.0 cm³/mol. The maximum atomic E-state index is 9.29. The topological polar surface area (TPSA) is 46.2 Å². The van der Waals surface area contributed by atoms with Gasteiger partial charge in [0.25, 0.3) is 0 Å². The Morgan fingerprint density at radius 2 is 1.87 bits per heavy atom. The van der Waals surface area contributed by atoms with Gasteiger partial charge in [0, 0.05) is 5.92 Å². The second-order valence-corrected chi connectivity index (χ2v) is 4.80. The third-order valence-electron chi connectivity index (χ3n) is 3.72. The Morgan fingerprint density at radius 1 is 1.07 bits per heavy atom. The molecular formula is C13H21NO. The van der Waals surface area contributed by atoms with Crippen LogP contribution in [0.2, 0.25) is 0 Å². The molecule has 0 radical (unpaired) electrons. The summed E-state index contributed by atoms with van der Waals surface area (Å²) in [6, 6.07) is 0. The standard InChI is InChI=1S/C13H21NO/c14-13(15)12-8-6-11(7-9-12)10-4-2-1-3-5-10/h2,4,6,8,10-13,15H,1,3,5,7,9,14H2. The zero-order chi connectivity index (χ0) is 10.7. The normalized spacial score (nSPS) is 37.9. The first kappa shape index (κ1) is 10.9. The molecular weight excluding hydrogens is 186 g/mol. The zero-order valence-electron chi connectivity index (χ0n) is 9.18. The minimum atomic E-state index is -0.677. The molecule has 2 nitrogen and oxygen atoms in total. The second-order valence-electron chi connectivity index (χ2n) is 4.80. The van der Waals surface area contributed by atoms with Crippen molar-refractivity contribution in [1.82, 2.24) is 0 Å². The van der Waals surface area contributed by atoms with E-state index in [0.29, 0.717) is 5.92 Å². The molecule has 84 valence electrons. The average Bonchev–Trinajstić information content (AvgIpc) is 2.30. The maximum Gasteiger partial charge on any atom is 0.108 e. The summed E-state index contributed by atoms with van der Waals surface area (Å²) in [4.78, 5) is 0. The van der Waals surface area contributed by atoms with Crippen molar-refractivity contribution in [2.45, 2.75) is 38.3 Å². The Hall–Kier alpha value is -0.600. The van der Waals surface area contributed by atoms with E-state index in [1.807, 2.05) is 0 Å². The summed E-state index contributed by atoms with van der Waals surface area (Å²) in [6.45, 7) is 0. The van der Waals surface area contributed by atoms with Gasteiger partial charge >= 0.3 is 0 Å². The highest BCUT2D eigenvalue weighted by Gasteiger charge is 2.24. The first-order chi connectivity index (χ1) is 7.27. The van der Waals surface area contributed by atoms with Crippen LogP contribution in [0.1, 0.15) is 32.1 Å². The van der Waals surface area contributed by atoms with Crippen molar-refractivity contribution in [3.63, 3.8) is 0 Å². The van der Waals surface area contributed by atoms with Crippen LogP contribution < -0.4 is 5.73 Å². The van der Waals surface area contributed by atoms with Crippen molar-refractivity contribution < 1.29 is 5.11 Å². The van der Waals surface area contributed by atoms with Crippen molar-refractivity contribution in [3.8, 4) is 0 Å². The van der Waals surface area contributed by atoms with Crippen LogP contribution in [0.5, 0.6) is 0 Å². The number of aliphatic hydroxyl groups excluding tert-OH is 1. The Balaban J connectivity index is 1.93. The SMILES string of the molecule is NC(O)C1C=CC(C2C=CCCC2)CC1. The van der Waals surface area contributed by atoms with Gasteiger partial charge in [0.15, 0.2) is 0 Å². The second kappa shape index (κ2) is 4.95. The van der Waals surface area contributed by atoms with Gasteiger partial charge in [-0.3, -0.25) is 0 Å². The van der Waals surface area contributed by atoms with Gasteiger partial charge in [0.1, 0.15) is 6.23 Å². The summed E-state index contributed by atoms with van der Waals surface area (Å²) in [6.07, 6.45) is 14.5. The lowest BCUT2D eigenvalue weighted by molar-refractivity contribution is 0.123. The number of nitrogens with two attached hydrogens (primary N) is 1. The van der Waals surface area contributed by atoms with E-state index in [1.165, 1.54) is 25.7 Å². The van der Waals surface area contributed by atoms with Gasteiger partial charge in [0.05, 0.1) is 0 Å². The fraction of sp³-hybridized carbons (Fsp3) is 0.692. The number of hydrogen-bond donors (Lipinski definition) is 2. The highest BCUT2D eigenvalue weighted by atomic mass is 16.3. The van der Waals surface area contributed by atoms with Gasteiger partial charge in [-0.1, -0.05) is 24.3 Å². The minimum absolute atomic E-state index is 0.175. The molecule has 2 heteroatoms. The third-order valence-corrected chi connectivity index (χ3v) is 3.72. The largest absolute Gasteiger partial charge is 0.378 e. The van der Waals surface area contributed by atoms with E-state index in [4.69, 9.17) is 5.73 Å². The summed E-state index contributed by atoms with van der Waals surface area (Å²) < 4.78 is 0. The molecule has 15 heavy (non-hydrogen) atoms. The van der Waals surface area contributed by atoms with Crippen molar-refractivity contribution >= 4 is 0 Å². The van der Waals surface area contributed by atoms with Crippen LogP contribution >= 0.6 is 0 Å². The molecule has 0 saturated carbocycles. The van der Waals surface area contributed by atoms with Crippen LogP contribution in [-0.4, -0.2) is 11.3 Å². The van der Waals surface area contributed by atoms with E-state index in [2.05, 4.69) is 24.3 Å². The monoisotopic (exact) mass is 207 g/mol. The molecule has 0 amide bonds. The molecule has 0 aromatic heterocycles. The molecule has 2 rings (SSSR count). The van der Waals surface area contributed by atoms with Gasteiger partial charge in [-0.2, -0.15) is 0 Å². The maximum absolute atomic E-state index is 9.29. The molecule has 0 bridgehead atoms. The molecule has 4 atom stereocenters. The van der Waals surface area contributed by atoms with Gasteiger partial charge in [-0.25, -0.2) is 0 Å². The fourth-order valence-corrected chi connectivity index (χ4v) is 2.70. The highest BCUT2D eigenvalue weighted by Crippen LogP contribution is 2.33. The molecule has 0 aromatic rings. The van der Waals surface area contributed by atoms with Crippen molar-refractivity contribution in [2.75, 3.05) is 0 Å². The lowest BCUT2D eigenvalue weighted by Gasteiger charge is -2.30. The van der Waals surface area contributed by atoms with E-state index in [-0.39, 0.29) is 5.92 Å². The quantitative estimate of drug-likeness (QED) is 0.538. The van der Waals surface area contributed by atoms with Crippen molar-refractivity contribution in [1.29, 1.82) is 0 Å². The molecule has 0 heterocycles. The Morgan fingerprint density at radius 3 is 2.40 bits per heavy atom. The first-order valence-electron chi connectivity index (χ1n) is 6.06. The van der Waals surface area contributed by atoms with Gasteiger partial charge < -0.3 is 10.8 Å². The van der Waals surface area contributed by atoms with Crippen molar-refractivity contribution in [2.24, 2.45) is 23.5 Å².